The number of aromatic nitrogens is 2. The molecule has 0 bridgehead atoms. The minimum absolute atomic E-state index is 0.271. The van der Waals surface area contributed by atoms with Crippen molar-refractivity contribution < 1.29 is 38.0 Å². The second kappa shape index (κ2) is 9.25. The number of nitrogens with zero attached hydrogens (tertiary/aromatic N) is 1. The molecule has 9 nitrogen and oxygen atoms in total. The Bertz CT molecular complexity index is 918. The van der Waals surface area contributed by atoms with E-state index >= 15 is 0 Å². The first-order valence-electron chi connectivity index (χ1n) is 9.08. The van der Waals surface area contributed by atoms with Gasteiger partial charge in [0, 0.05) is 17.7 Å². The average molecular weight is 436 g/mol. The van der Waals surface area contributed by atoms with Gasteiger partial charge in [0.05, 0.1) is 6.61 Å². The van der Waals surface area contributed by atoms with Gasteiger partial charge >= 0.3 is 11.9 Å². The highest BCUT2D eigenvalue weighted by molar-refractivity contribution is 5.86. The number of aliphatic hydroxyl groups excluding tert-OH is 3. The number of halogens is 3. The summed E-state index contributed by atoms with van der Waals surface area (Å²) in [7, 11) is 0. The maximum atomic E-state index is 13.0. The summed E-state index contributed by atoms with van der Waals surface area (Å²) in [6.07, 6.45) is -9.54. The molecule has 2 rings (SSSR count). The molecule has 1 fully saturated rings. The number of aliphatic hydroxyl groups is 3. The topological polar surface area (TPSA) is 142 Å². The lowest BCUT2D eigenvalue weighted by molar-refractivity contribution is -0.175. The van der Waals surface area contributed by atoms with Gasteiger partial charge in [0.25, 0.3) is 5.56 Å². The van der Waals surface area contributed by atoms with E-state index in [2.05, 4.69) is 0 Å². The molecule has 1 aliphatic heterocycles. The standard InChI is InChI=1S/C18H23F3N2O7/c1-8(2)3-4-9(14(27)18(19,20)21)5-10-6-23(17(29)22-15(10)28)16-13(26)12(25)11(7-24)30-16/h3,6,9,11-13,16,24-26H,4-5,7H2,1-2H3,(H,22,28,29)/t9?,11-,12?,13+,16-/m1/s1. The number of rotatable bonds is 7. The molecule has 1 saturated heterocycles. The number of carbonyl (C=O) groups is 1. The van der Waals surface area contributed by atoms with Crippen molar-refractivity contribution in [1.82, 2.24) is 9.55 Å². The van der Waals surface area contributed by atoms with E-state index in [0.717, 1.165) is 6.20 Å². The van der Waals surface area contributed by atoms with Crippen LogP contribution in [-0.2, 0) is 16.0 Å². The highest BCUT2D eigenvalue weighted by Crippen LogP contribution is 2.29. The number of hydrogen-bond donors (Lipinski definition) is 4. The Morgan fingerprint density at radius 2 is 1.93 bits per heavy atom. The fourth-order valence-electron chi connectivity index (χ4n) is 3.13. The van der Waals surface area contributed by atoms with Crippen molar-refractivity contribution in [3.05, 3.63) is 44.2 Å². The summed E-state index contributed by atoms with van der Waals surface area (Å²) in [5, 5.41) is 29.1. The lowest BCUT2D eigenvalue weighted by Crippen LogP contribution is -2.40. The van der Waals surface area contributed by atoms with Gasteiger partial charge in [-0.25, -0.2) is 4.79 Å². The number of hydrogen-bond acceptors (Lipinski definition) is 7. The first-order valence-corrected chi connectivity index (χ1v) is 9.08. The van der Waals surface area contributed by atoms with E-state index in [9.17, 15) is 37.8 Å². The van der Waals surface area contributed by atoms with Gasteiger partial charge in [0.1, 0.15) is 18.3 Å². The van der Waals surface area contributed by atoms with Crippen LogP contribution in [0.1, 0.15) is 32.1 Å². The number of Topliss-reactive ketones (excluding diaryl/α,β-unsaturated/α-hetero) is 1. The van der Waals surface area contributed by atoms with E-state index in [1.165, 1.54) is 6.08 Å². The smallest absolute Gasteiger partial charge is 0.394 e. The fraction of sp³-hybridized carbons (Fsp3) is 0.611. The van der Waals surface area contributed by atoms with E-state index in [4.69, 9.17) is 9.84 Å². The van der Waals surface area contributed by atoms with Crippen molar-refractivity contribution in [2.75, 3.05) is 6.61 Å². The van der Waals surface area contributed by atoms with Gasteiger partial charge < -0.3 is 20.1 Å². The van der Waals surface area contributed by atoms with Gasteiger partial charge in [-0.15, -0.1) is 0 Å². The van der Waals surface area contributed by atoms with Crippen molar-refractivity contribution >= 4 is 5.78 Å². The SMILES string of the molecule is CC(C)=CCC(Cc1cn([C@@H]2O[C@H](CO)C(O)[C@@H]2O)c(=O)[nH]c1=O)C(=O)C(F)(F)F. The molecule has 1 aromatic rings. The van der Waals surface area contributed by atoms with E-state index in [1.807, 2.05) is 4.98 Å². The predicted molar refractivity (Wildman–Crippen MR) is 96.6 cm³/mol. The number of aromatic amines is 1. The molecule has 2 heterocycles. The molecule has 5 atom stereocenters. The number of nitrogens with one attached hydrogen (secondary N) is 1. The van der Waals surface area contributed by atoms with Crippen LogP contribution in [0.25, 0.3) is 0 Å². The number of ether oxygens (including phenoxy) is 1. The number of allylic oxidation sites excluding steroid dienone is 2. The summed E-state index contributed by atoms with van der Waals surface area (Å²) >= 11 is 0. The molecule has 0 aromatic carbocycles. The molecular formula is C18H23F3N2O7. The summed E-state index contributed by atoms with van der Waals surface area (Å²) in [4.78, 5) is 38.0. The lowest BCUT2D eigenvalue weighted by atomic mass is 9.92. The third-order valence-corrected chi connectivity index (χ3v) is 4.76. The van der Waals surface area contributed by atoms with Crippen LogP contribution >= 0.6 is 0 Å². The van der Waals surface area contributed by atoms with Crippen molar-refractivity contribution in [2.45, 2.75) is 57.4 Å². The molecule has 1 aromatic heterocycles. The third kappa shape index (κ3) is 5.25. The Morgan fingerprint density at radius 1 is 1.30 bits per heavy atom. The maximum Gasteiger partial charge on any atom is 0.450 e. The van der Waals surface area contributed by atoms with Gasteiger partial charge in [-0.2, -0.15) is 13.2 Å². The molecule has 0 amide bonds. The van der Waals surface area contributed by atoms with Gasteiger partial charge in [0.15, 0.2) is 6.23 Å². The van der Waals surface area contributed by atoms with Gasteiger partial charge in [-0.1, -0.05) is 11.6 Å². The van der Waals surface area contributed by atoms with Gasteiger partial charge in [-0.3, -0.25) is 19.1 Å². The van der Waals surface area contributed by atoms with Crippen LogP contribution in [0, 0.1) is 5.92 Å². The molecule has 0 saturated carbocycles. The van der Waals surface area contributed by atoms with Crippen molar-refractivity contribution in [3.8, 4) is 0 Å². The first kappa shape index (κ1) is 24.0. The molecule has 168 valence electrons. The number of ketones is 1. The molecular weight excluding hydrogens is 413 g/mol. The Morgan fingerprint density at radius 3 is 2.43 bits per heavy atom. The molecule has 0 aliphatic carbocycles. The second-order valence-corrected chi connectivity index (χ2v) is 7.33. The quantitative estimate of drug-likeness (QED) is 0.434. The minimum atomic E-state index is -5.11. The molecule has 4 N–H and O–H groups in total. The normalized spacial score (nSPS) is 25.2. The highest BCUT2D eigenvalue weighted by atomic mass is 19.4. The first-order chi connectivity index (χ1) is 13.9. The zero-order valence-electron chi connectivity index (χ0n) is 16.2. The van der Waals surface area contributed by atoms with Gasteiger partial charge in [0.2, 0.25) is 5.78 Å². The Labute approximate surface area is 168 Å². The summed E-state index contributed by atoms with van der Waals surface area (Å²) in [6, 6.07) is 0. The Kier molecular flexibility index (Phi) is 7.40. The minimum Gasteiger partial charge on any atom is -0.394 e. The molecule has 0 spiro atoms. The van der Waals surface area contributed by atoms with E-state index < -0.39 is 66.7 Å². The fourth-order valence-corrected chi connectivity index (χ4v) is 3.13. The van der Waals surface area contributed by atoms with Gasteiger partial charge in [-0.05, 0) is 26.7 Å². The molecule has 2 unspecified atom stereocenters. The van der Waals surface area contributed by atoms with Crippen LogP contribution in [0.15, 0.2) is 27.4 Å². The molecule has 12 heteroatoms. The monoisotopic (exact) mass is 436 g/mol. The number of H-pyrrole nitrogens is 1. The van der Waals surface area contributed by atoms with Crippen LogP contribution in [-0.4, -0.2) is 61.7 Å². The number of carbonyl (C=O) groups excluding carboxylic acids is 1. The van der Waals surface area contributed by atoms with Crippen LogP contribution in [0.4, 0.5) is 13.2 Å². The predicted octanol–water partition coefficient (Wildman–Crippen LogP) is -0.206. The highest BCUT2D eigenvalue weighted by Gasteiger charge is 2.45. The van der Waals surface area contributed by atoms with Crippen LogP contribution in [0.3, 0.4) is 0 Å². The zero-order valence-corrected chi connectivity index (χ0v) is 16.2. The van der Waals surface area contributed by atoms with Crippen LogP contribution in [0.2, 0.25) is 0 Å². The zero-order chi connectivity index (χ0) is 22.8. The maximum absolute atomic E-state index is 13.0. The average Bonchev–Trinajstić information content (AvgIpc) is 2.93. The van der Waals surface area contributed by atoms with Crippen molar-refractivity contribution in [1.29, 1.82) is 0 Å². The summed E-state index contributed by atoms with van der Waals surface area (Å²) in [5.74, 6) is -3.61. The van der Waals surface area contributed by atoms with Crippen LogP contribution < -0.4 is 11.2 Å². The van der Waals surface area contributed by atoms with Crippen molar-refractivity contribution in [3.63, 3.8) is 0 Å². The largest absolute Gasteiger partial charge is 0.450 e. The summed E-state index contributed by atoms with van der Waals surface area (Å²) in [6.45, 7) is 2.62. The van der Waals surface area contributed by atoms with E-state index in [1.54, 1.807) is 13.8 Å². The Hall–Kier alpha value is -2.28. The third-order valence-electron chi connectivity index (χ3n) is 4.76. The van der Waals surface area contributed by atoms with Crippen LogP contribution in [0.5, 0.6) is 0 Å². The lowest BCUT2D eigenvalue weighted by Gasteiger charge is -2.20. The number of alkyl halides is 3. The summed E-state index contributed by atoms with van der Waals surface area (Å²) < 4.78 is 44.9. The Balaban J connectivity index is 2.42. The summed E-state index contributed by atoms with van der Waals surface area (Å²) in [5.41, 5.74) is -1.65. The molecule has 30 heavy (non-hydrogen) atoms. The van der Waals surface area contributed by atoms with E-state index in [-0.39, 0.29) is 12.0 Å². The van der Waals surface area contributed by atoms with E-state index in [0.29, 0.717) is 10.1 Å². The molecule has 0 radical (unpaired) electrons. The van der Waals surface area contributed by atoms with Crippen molar-refractivity contribution in [2.24, 2.45) is 5.92 Å². The second-order valence-electron chi connectivity index (χ2n) is 7.33. The molecule has 1 aliphatic rings.